The van der Waals surface area contributed by atoms with Gasteiger partial charge in [-0.15, -0.1) is 10.2 Å². The number of hydrogen-bond acceptors (Lipinski definition) is 4. The van der Waals surface area contributed by atoms with Gasteiger partial charge in [0.1, 0.15) is 0 Å². The number of aromatic nitrogens is 4. The first kappa shape index (κ1) is 10.0. The molecule has 0 aromatic carbocycles. The highest BCUT2D eigenvalue weighted by molar-refractivity contribution is 5.33. The monoisotopic (exact) mass is 205 g/mol. The Morgan fingerprint density at radius 2 is 2.13 bits per heavy atom. The zero-order chi connectivity index (χ0) is 11.0. The lowest BCUT2D eigenvalue weighted by Crippen LogP contribution is -2.14. The number of nitrogens with two attached hydrogens (primary N) is 1. The van der Waals surface area contributed by atoms with E-state index in [0.29, 0.717) is 5.78 Å². The van der Waals surface area contributed by atoms with Crippen molar-refractivity contribution >= 4 is 5.78 Å². The molecule has 1 atom stereocenters. The molecule has 0 saturated heterocycles. The fourth-order valence-corrected chi connectivity index (χ4v) is 1.68. The highest BCUT2D eigenvalue weighted by Gasteiger charge is 2.14. The minimum Gasteiger partial charge on any atom is -0.321 e. The van der Waals surface area contributed by atoms with Crippen LogP contribution in [0.5, 0.6) is 0 Å². The standard InChI is InChI=1S/C10H15N5/c1-4-8(11)9-13-14-10-12-6(2)5-7(3)15(9)10/h5,8H,4,11H2,1-3H3. The van der Waals surface area contributed by atoms with Gasteiger partial charge in [0.2, 0.25) is 0 Å². The maximum atomic E-state index is 5.96. The third-order valence-electron chi connectivity index (χ3n) is 2.49. The van der Waals surface area contributed by atoms with Crippen LogP contribution in [-0.4, -0.2) is 19.6 Å². The molecule has 0 aliphatic carbocycles. The summed E-state index contributed by atoms with van der Waals surface area (Å²) in [6, 6.07) is 1.92. The SMILES string of the molecule is CCC(N)c1nnc2nc(C)cc(C)n12. The van der Waals surface area contributed by atoms with Gasteiger partial charge >= 0.3 is 0 Å². The molecule has 2 aromatic heterocycles. The summed E-state index contributed by atoms with van der Waals surface area (Å²) in [5.74, 6) is 1.42. The van der Waals surface area contributed by atoms with Gasteiger partial charge in [0, 0.05) is 11.4 Å². The Morgan fingerprint density at radius 1 is 1.40 bits per heavy atom. The summed E-state index contributed by atoms with van der Waals surface area (Å²) in [6.07, 6.45) is 0.841. The molecule has 0 aliphatic heterocycles. The first-order valence-electron chi connectivity index (χ1n) is 5.08. The molecule has 15 heavy (non-hydrogen) atoms. The highest BCUT2D eigenvalue weighted by atomic mass is 15.3. The van der Waals surface area contributed by atoms with Gasteiger partial charge in [-0.2, -0.15) is 0 Å². The van der Waals surface area contributed by atoms with Gasteiger partial charge < -0.3 is 5.73 Å². The van der Waals surface area contributed by atoms with Crippen LogP contribution in [0.25, 0.3) is 5.78 Å². The van der Waals surface area contributed by atoms with E-state index >= 15 is 0 Å². The van der Waals surface area contributed by atoms with Crippen LogP contribution < -0.4 is 5.73 Å². The van der Waals surface area contributed by atoms with Crippen molar-refractivity contribution < 1.29 is 0 Å². The van der Waals surface area contributed by atoms with E-state index in [2.05, 4.69) is 15.2 Å². The molecular weight excluding hydrogens is 190 g/mol. The second kappa shape index (κ2) is 3.58. The fraction of sp³-hybridized carbons (Fsp3) is 0.500. The van der Waals surface area contributed by atoms with Gasteiger partial charge in [-0.05, 0) is 26.3 Å². The maximum Gasteiger partial charge on any atom is 0.255 e. The van der Waals surface area contributed by atoms with Gasteiger partial charge in [-0.1, -0.05) is 6.92 Å². The Hall–Kier alpha value is -1.49. The summed E-state index contributed by atoms with van der Waals surface area (Å²) in [6.45, 7) is 5.99. The topological polar surface area (TPSA) is 69.1 Å². The number of nitrogens with zero attached hydrogens (tertiary/aromatic N) is 4. The molecule has 0 radical (unpaired) electrons. The van der Waals surface area contributed by atoms with Crippen molar-refractivity contribution in [2.24, 2.45) is 5.73 Å². The third-order valence-corrected chi connectivity index (χ3v) is 2.49. The second-order valence-corrected chi connectivity index (χ2v) is 3.75. The fourth-order valence-electron chi connectivity index (χ4n) is 1.68. The molecule has 5 nitrogen and oxygen atoms in total. The summed E-state index contributed by atoms with van der Waals surface area (Å²) in [5, 5.41) is 8.12. The smallest absolute Gasteiger partial charge is 0.255 e. The minimum atomic E-state index is -0.0804. The van der Waals surface area contributed by atoms with Crippen molar-refractivity contribution in [2.75, 3.05) is 0 Å². The molecule has 80 valence electrons. The quantitative estimate of drug-likeness (QED) is 0.798. The predicted molar refractivity (Wildman–Crippen MR) is 57.5 cm³/mol. The molecule has 2 heterocycles. The van der Waals surface area contributed by atoms with Crippen molar-refractivity contribution in [3.63, 3.8) is 0 Å². The van der Waals surface area contributed by atoms with Gasteiger partial charge in [-0.3, -0.25) is 4.40 Å². The minimum absolute atomic E-state index is 0.0804. The maximum absolute atomic E-state index is 5.96. The Balaban J connectivity index is 2.69. The first-order valence-corrected chi connectivity index (χ1v) is 5.08. The van der Waals surface area contributed by atoms with Gasteiger partial charge in [-0.25, -0.2) is 4.98 Å². The van der Waals surface area contributed by atoms with Gasteiger partial charge in [0.25, 0.3) is 5.78 Å². The molecular formula is C10H15N5. The molecule has 0 saturated carbocycles. The van der Waals surface area contributed by atoms with Crippen LogP contribution in [-0.2, 0) is 0 Å². The molecule has 1 unspecified atom stereocenters. The Kier molecular flexibility index (Phi) is 2.40. The van der Waals surface area contributed by atoms with E-state index in [1.165, 1.54) is 0 Å². The van der Waals surface area contributed by atoms with Crippen LogP contribution in [0, 0.1) is 13.8 Å². The summed E-state index contributed by atoms with van der Waals surface area (Å²) in [7, 11) is 0. The molecule has 2 N–H and O–H groups in total. The van der Waals surface area contributed by atoms with E-state index in [1.54, 1.807) is 0 Å². The highest BCUT2D eigenvalue weighted by Crippen LogP contribution is 2.14. The van der Waals surface area contributed by atoms with Crippen LogP contribution in [0.2, 0.25) is 0 Å². The lowest BCUT2D eigenvalue weighted by molar-refractivity contribution is 0.636. The predicted octanol–water partition coefficient (Wildman–Crippen LogP) is 1.15. The third kappa shape index (κ3) is 1.59. The zero-order valence-electron chi connectivity index (χ0n) is 9.23. The molecule has 0 bridgehead atoms. The number of fused-ring (bicyclic) bond motifs is 1. The van der Waals surface area contributed by atoms with E-state index in [0.717, 1.165) is 23.6 Å². The molecule has 0 spiro atoms. The van der Waals surface area contributed by atoms with Crippen LogP contribution in [0.1, 0.15) is 36.6 Å². The Bertz CT molecular complexity index is 488. The average Bonchev–Trinajstić information content (AvgIpc) is 2.60. The largest absolute Gasteiger partial charge is 0.321 e. The normalized spacial score (nSPS) is 13.3. The lowest BCUT2D eigenvalue weighted by Gasteiger charge is -2.08. The van der Waals surface area contributed by atoms with E-state index < -0.39 is 0 Å². The molecule has 0 fully saturated rings. The molecule has 2 rings (SSSR count). The molecule has 2 aromatic rings. The Labute approximate surface area is 88.3 Å². The van der Waals surface area contributed by atoms with Crippen LogP contribution >= 0.6 is 0 Å². The number of hydrogen-bond donors (Lipinski definition) is 1. The van der Waals surface area contributed by atoms with Crippen molar-refractivity contribution in [3.05, 3.63) is 23.3 Å². The molecule has 0 amide bonds. The van der Waals surface area contributed by atoms with Crippen LogP contribution in [0.15, 0.2) is 6.07 Å². The van der Waals surface area contributed by atoms with Crippen LogP contribution in [0.4, 0.5) is 0 Å². The van der Waals surface area contributed by atoms with Gasteiger partial charge in [0.15, 0.2) is 5.82 Å². The number of aryl methyl sites for hydroxylation is 2. The Morgan fingerprint density at radius 3 is 2.80 bits per heavy atom. The lowest BCUT2D eigenvalue weighted by atomic mass is 10.2. The van der Waals surface area contributed by atoms with E-state index in [9.17, 15) is 0 Å². The second-order valence-electron chi connectivity index (χ2n) is 3.75. The van der Waals surface area contributed by atoms with Gasteiger partial charge in [0.05, 0.1) is 6.04 Å². The first-order chi connectivity index (χ1) is 7.13. The van der Waals surface area contributed by atoms with Crippen molar-refractivity contribution in [2.45, 2.75) is 33.2 Å². The van der Waals surface area contributed by atoms with Crippen molar-refractivity contribution in [1.82, 2.24) is 19.6 Å². The van der Waals surface area contributed by atoms with E-state index in [4.69, 9.17) is 5.73 Å². The molecule has 0 aliphatic rings. The summed E-state index contributed by atoms with van der Waals surface area (Å²) < 4.78 is 1.92. The molecule has 5 heteroatoms. The summed E-state index contributed by atoms with van der Waals surface area (Å²) in [4.78, 5) is 4.31. The van der Waals surface area contributed by atoms with Crippen LogP contribution in [0.3, 0.4) is 0 Å². The zero-order valence-corrected chi connectivity index (χ0v) is 9.23. The summed E-state index contributed by atoms with van der Waals surface area (Å²) in [5.41, 5.74) is 7.98. The van der Waals surface area contributed by atoms with E-state index in [1.807, 2.05) is 31.2 Å². The van der Waals surface area contributed by atoms with E-state index in [-0.39, 0.29) is 6.04 Å². The summed E-state index contributed by atoms with van der Waals surface area (Å²) >= 11 is 0. The number of rotatable bonds is 2. The average molecular weight is 205 g/mol. The van der Waals surface area contributed by atoms with Crippen molar-refractivity contribution in [1.29, 1.82) is 0 Å². The van der Waals surface area contributed by atoms with Crippen molar-refractivity contribution in [3.8, 4) is 0 Å².